The lowest BCUT2D eigenvalue weighted by molar-refractivity contribution is -0.148. The van der Waals surface area contributed by atoms with Crippen molar-refractivity contribution in [2.24, 2.45) is 17.8 Å². The molecule has 3 unspecified atom stereocenters. The summed E-state index contributed by atoms with van der Waals surface area (Å²) in [5, 5.41) is 14.5. The fourth-order valence-corrected chi connectivity index (χ4v) is 9.06. The Balaban J connectivity index is 1.37. The lowest BCUT2D eigenvalue weighted by Crippen LogP contribution is -2.63. The van der Waals surface area contributed by atoms with Crippen LogP contribution >= 0.6 is 11.6 Å². The van der Waals surface area contributed by atoms with Gasteiger partial charge in [0.05, 0.1) is 10.5 Å². The zero-order valence-electron chi connectivity index (χ0n) is 17.9. The van der Waals surface area contributed by atoms with Gasteiger partial charge < -0.3 is 10.4 Å². The van der Waals surface area contributed by atoms with Gasteiger partial charge in [0.15, 0.2) is 0 Å². The van der Waals surface area contributed by atoms with Crippen molar-refractivity contribution >= 4 is 27.5 Å². The lowest BCUT2D eigenvalue weighted by atomic mass is 9.52. The number of nitrogens with one attached hydrogen (secondary N) is 1. The van der Waals surface area contributed by atoms with E-state index in [9.17, 15) is 18.3 Å². The molecule has 0 aromatic heterocycles. The average Bonchev–Trinajstić information content (AvgIpc) is 2.71. The molecule has 1 aliphatic heterocycles. The summed E-state index contributed by atoms with van der Waals surface area (Å²) in [5.74, 6) is 0.966. The first-order valence-electron chi connectivity index (χ1n) is 11.5. The van der Waals surface area contributed by atoms with E-state index >= 15 is 0 Å². The molecular weight excluding hydrogens is 436 g/mol. The number of hydrogen-bond donors (Lipinski definition) is 2. The normalized spacial score (nSPS) is 37.7. The highest BCUT2D eigenvalue weighted by atomic mass is 35.5. The first-order chi connectivity index (χ1) is 14.7. The van der Waals surface area contributed by atoms with E-state index in [4.69, 9.17) is 11.6 Å². The first kappa shape index (κ1) is 21.7. The Labute approximate surface area is 189 Å². The molecule has 4 aliphatic carbocycles. The molecule has 1 aromatic rings. The van der Waals surface area contributed by atoms with Gasteiger partial charge in [0.1, 0.15) is 6.04 Å². The number of rotatable bonds is 4. The van der Waals surface area contributed by atoms with Crippen LogP contribution in [0.15, 0.2) is 23.1 Å². The quantitative estimate of drug-likeness (QED) is 0.713. The van der Waals surface area contributed by atoms with E-state index < -0.39 is 21.7 Å². The van der Waals surface area contributed by atoms with E-state index in [2.05, 4.69) is 5.32 Å². The van der Waals surface area contributed by atoms with Crippen LogP contribution < -0.4 is 5.32 Å². The Morgan fingerprint density at radius 1 is 1.19 bits per heavy atom. The van der Waals surface area contributed by atoms with Crippen LogP contribution in [0.3, 0.4) is 0 Å². The first-order valence-corrected chi connectivity index (χ1v) is 13.3. The van der Waals surface area contributed by atoms with Crippen molar-refractivity contribution in [2.45, 2.75) is 80.9 Å². The standard InChI is InChI=1S/C23H31ClN2O4S/c1-14-18(24)5-4-7-20(14)31(29,30)26-8-3-2-6-19(26)22(27)25-21-16-9-15-10-17(21)13-23(28,11-15)12-16/h4-5,7,15-17,19,21,28H,2-3,6,8-13H2,1H3,(H,25,27)/t15?,16-,17+,19-,21?,23?/m1/s1. The summed E-state index contributed by atoms with van der Waals surface area (Å²) in [4.78, 5) is 13.6. The molecule has 6 atom stereocenters. The molecule has 4 saturated carbocycles. The summed E-state index contributed by atoms with van der Waals surface area (Å²) >= 11 is 6.18. The zero-order chi connectivity index (χ0) is 22.0. The molecular formula is C23H31ClN2O4S. The number of hydrogen-bond acceptors (Lipinski definition) is 4. The minimum atomic E-state index is -3.83. The van der Waals surface area contributed by atoms with Crippen LogP contribution in [0.1, 0.15) is 56.9 Å². The van der Waals surface area contributed by atoms with Gasteiger partial charge in [-0.05, 0) is 87.3 Å². The summed E-state index contributed by atoms with van der Waals surface area (Å²) in [5.41, 5.74) is -0.0367. The number of sulfonamides is 1. The molecule has 2 N–H and O–H groups in total. The monoisotopic (exact) mass is 466 g/mol. The number of benzene rings is 1. The second-order valence-corrected chi connectivity index (χ2v) is 12.5. The van der Waals surface area contributed by atoms with Crippen LogP contribution in [0.4, 0.5) is 0 Å². The second kappa shape index (κ2) is 7.72. The highest BCUT2D eigenvalue weighted by Crippen LogP contribution is 2.55. The molecule has 1 amide bonds. The predicted molar refractivity (Wildman–Crippen MR) is 118 cm³/mol. The van der Waals surface area contributed by atoms with Crippen molar-refractivity contribution in [3.05, 3.63) is 28.8 Å². The number of carbonyl (C=O) groups is 1. The molecule has 5 aliphatic rings. The number of halogens is 1. The summed E-state index contributed by atoms with van der Waals surface area (Å²) in [6.45, 7) is 2.04. The molecule has 1 aromatic carbocycles. The van der Waals surface area contributed by atoms with Gasteiger partial charge in [-0.25, -0.2) is 8.42 Å². The second-order valence-electron chi connectivity index (χ2n) is 10.2. The Morgan fingerprint density at radius 2 is 1.90 bits per heavy atom. The van der Waals surface area contributed by atoms with Gasteiger partial charge in [-0.15, -0.1) is 0 Å². The van der Waals surface area contributed by atoms with Gasteiger partial charge in [-0.1, -0.05) is 24.1 Å². The maximum Gasteiger partial charge on any atom is 0.244 e. The predicted octanol–water partition coefficient (Wildman–Crippen LogP) is 3.25. The van der Waals surface area contributed by atoms with Crippen molar-refractivity contribution in [3.63, 3.8) is 0 Å². The Hall–Kier alpha value is -1.15. The summed E-state index contributed by atoms with van der Waals surface area (Å²) < 4.78 is 28.4. The number of nitrogens with zero attached hydrogens (tertiary/aromatic N) is 1. The maximum atomic E-state index is 13.5. The van der Waals surface area contributed by atoms with Crippen LogP contribution in [0.5, 0.6) is 0 Å². The average molecular weight is 467 g/mol. The minimum Gasteiger partial charge on any atom is -0.390 e. The van der Waals surface area contributed by atoms with E-state index in [0.29, 0.717) is 41.3 Å². The molecule has 31 heavy (non-hydrogen) atoms. The number of amides is 1. The van der Waals surface area contributed by atoms with Crippen molar-refractivity contribution < 1.29 is 18.3 Å². The molecule has 1 saturated heterocycles. The van der Waals surface area contributed by atoms with E-state index in [-0.39, 0.29) is 16.8 Å². The smallest absolute Gasteiger partial charge is 0.244 e. The number of carbonyl (C=O) groups excluding carboxylic acids is 1. The summed E-state index contributed by atoms with van der Waals surface area (Å²) in [6.07, 6.45) is 6.60. The van der Waals surface area contributed by atoms with Gasteiger partial charge in [0.25, 0.3) is 0 Å². The fraction of sp³-hybridized carbons (Fsp3) is 0.696. The zero-order valence-corrected chi connectivity index (χ0v) is 19.5. The molecule has 5 fully saturated rings. The fourth-order valence-electron chi connectivity index (χ4n) is 6.93. The Morgan fingerprint density at radius 3 is 2.58 bits per heavy atom. The summed E-state index contributed by atoms with van der Waals surface area (Å²) in [6, 6.07) is 4.23. The van der Waals surface area contributed by atoms with Gasteiger partial charge in [-0.2, -0.15) is 4.31 Å². The third-order valence-corrected chi connectivity index (χ3v) is 10.6. The highest BCUT2D eigenvalue weighted by molar-refractivity contribution is 7.89. The number of aliphatic hydroxyl groups is 1. The van der Waals surface area contributed by atoms with Crippen molar-refractivity contribution in [3.8, 4) is 0 Å². The van der Waals surface area contributed by atoms with Crippen molar-refractivity contribution in [1.29, 1.82) is 0 Å². The van der Waals surface area contributed by atoms with E-state index in [1.54, 1.807) is 25.1 Å². The Bertz CT molecular complexity index is 981. The van der Waals surface area contributed by atoms with Gasteiger partial charge >= 0.3 is 0 Å². The SMILES string of the molecule is Cc1c(Cl)cccc1S(=O)(=O)N1CCCC[C@@H]1C(=O)NC1[C@@H]2CC3C[C@H]1CC(O)(C3)C2. The molecule has 6 rings (SSSR count). The van der Waals surface area contributed by atoms with Gasteiger partial charge in [0.2, 0.25) is 15.9 Å². The van der Waals surface area contributed by atoms with Crippen LogP contribution in [0, 0.1) is 24.7 Å². The van der Waals surface area contributed by atoms with E-state index in [1.165, 1.54) is 4.31 Å². The minimum absolute atomic E-state index is 0.0451. The molecule has 1 heterocycles. The van der Waals surface area contributed by atoms with E-state index in [1.807, 2.05) is 0 Å². The molecule has 4 bridgehead atoms. The largest absolute Gasteiger partial charge is 0.390 e. The van der Waals surface area contributed by atoms with Crippen molar-refractivity contribution in [2.75, 3.05) is 6.54 Å². The van der Waals surface area contributed by atoms with Gasteiger partial charge in [0, 0.05) is 17.6 Å². The van der Waals surface area contributed by atoms with Crippen LogP contribution in [-0.2, 0) is 14.8 Å². The molecule has 8 heteroatoms. The van der Waals surface area contributed by atoms with Gasteiger partial charge in [-0.3, -0.25) is 4.79 Å². The third-order valence-electron chi connectivity index (χ3n) is 8.11. The molecule has 6 nitrogen and oxygen atoms in total. The molecule has 170 valence electrons. The summed E-state index contributed by atoms with van der Waals surface area (Å²) in [7, 11) is -3.83. The molecule has 0 spiro atoms. The number of piperidine rings is 1. The van der Waals surface area contributed by atoms with Crippen LogP contribution in [-0.4, -0.2) is 48.0 Å². The van der Waals surface area contributed by atoms with Crippen LogP contribution in [0.25, 0.3) is 0 Å². The lowest BCUT2D eigenvalue weighted by Gasteiger charge is -2.58. The molecule has 0 radical (unpaired) electrons. The highest BCUT2D eigenvalue weighted by Gasteiger charge is 2.55. The topological polar surface area (TPSA) is 86.7 Å². The third kappa shape index (κ3) is 3.71. The Kier molecular flexibility index (Phi) is 5.40. The van der Waals surface area contributed by atoms with Crippen molar-refractivity contribution in [1.82, 2.24) is 9.62 Å². The van der Waals surface area contributed by atoms with E-state index in [0.717, 1.165) is 44.9 Å². The maximum absolute atomic E-state index is 13.5. The van der Waals surface area contributed by atoms with Crippen LogP contribution in [0.2, 0.25) is 5.02 Å².